The Hall–Kier alpha value is -4.91. The molecule has 0 radical (unpaired) electrons. The zero-order chi connectivity index (χ0) is 36.9. The number of rotatable bonds is 12. The molecule has 0 unspecified atom stereocenters. The van der Waals surface area contributed by atoms with Crippen LogP contribution in [0.2, 0.25) is 5.02 Å². The van der Waals surface area contributed by atoms with Crippen molar-refractivity contribution < 1.29 is 33.3 Å². The maximum Gasteiger partial charge on any atom is 0.343 e. The van der Waals surface area contributed by atoms with Crippen LogP contribution in [0.25, 0.3) is 16.8 Å². The number of hydrogen-bond donors (Lipinski definition) is 0. The Bertz CT molecular complexity index is 2380. The van der Waals surface area contributed by atoms with Crippen molar-refractivity contribution >= 4 is 67.7 Å². The molecule has 1 aliphatic heterocycles. The van der Waals surface area contributed by atoms with E-state index in [1.165, 1.54) is 23.0 Å². The number of hydrogen-bond acceptors (Lipinski definition) is 10. The average molecular weight is 806 g/mol. The van der Waals surface area contributed by atoms with Gasteiger partial charge in [0.25, 0.3) is 5.56 Å². The summed E-state index contributed by atoms with van der Waals surface area (Å²) < 4.78 is 30.2. The fourth-order valence-electron chi connectivity index (χ4n) is 5.82. The zero-order valence-electron chi connectivity index (χ0n) is 28.7. The number of ether oxygens (including phenoxy) is 5. The van der Waals surface area contributed by atoms with Crippen molar-refractivity contribution in [3.63, 3.8) is 0 Å². The van der Waals surface area contributed by atoms with E-state index in [2.05, 4.69) is 45.2 Å². The summed E-state index contributed by atoms with van der Waals surface area (Å²) in [6.45, 7) is 5.65. The van der Waals surface area contributed by atoms with Gasteiger partial charge in [-0.05, 0) is 101 Å². The van der Waals surface area contributed by atoms with Gasteiger partial charge < -0.3 is 23.7 Å². The number of allylic oxidation sites excluding steroid dienone is 1. The van der Waals surface area contributed by atoms with Crippen molar-refractivity contribution in [3.05, 3.63) is 130 Å². The lowest BCUT2D eigenvalue weighted by molar-refractivity contribution is -0.143. The lowest BCUT2D eigenvalue weighted by Crippen LogP contribution is -2.40. The quantitative estimate of drug-likeness (QED) is 0.125. The molecule has 0 amide bonds. The second kappa shape index (κ2) is 16.2. The fraction of sp³-hybridized carbons (Fsp3) is 0.231. The number of esters is 2. The molecule has 10 nitrogen and oxygen atoms in total. The second-order valence-corrected chi connectivity index (χ2v) is 13.9. The van der Waals surface area contributed by atoms with Crippen LogP contribution in [0.5, 0.6) is 17.2 Å². The van der Waals surface area contributed by atoms with Crippen molar-refractivity contribution in [2.75, 3.05) is 26.9 Å². The predicted molar refractivity (Wildman–Crippen MR) is 203 cm³/mol. The van der Waals surface area contributed by atoms with Gasteiger partial charge in [0.15, 0.2) is 28.7 Å². The fourth-order valence-corrected chi connectivity index (χ4v) is 7.86. The van der Waals surface area contributed by atoms with E-state index < -0.39 is 18.0 Å². The third kappa shape index (κ3) is 7.79. The SMILES string of the molecule is CCOC(=O)C1=C(C)N=c2s/c(=C\c3cc(Cl)c(OCc4ccc5ccccc5c4)c(Br)c3)c(=O)n2[C@@H]1c1ccc(OCC(=O)OC)c(OCC)c1. The molecule has 0 N–H and O–H groups in total. The molecule has 6 rings (SSSR count). The van der Waals surface area contributed by atoms with Gasteiger partial charge in [-0.25, -0.2) is 14.6 Å². The summed E-state index contributed by atoms with van der Waals surface area (Å²) in [6, 6.07) is 22.0. The van der Waals surface area contributed by atoms with Crippen LogP contribution in [0, 0.1) is 0 Å². The Kier molecular flexibility index (Phi) is 11.5. The van der Waals surface area contributed by atoms with Gasteiger partial charge in [-0.2, -0.15) is 0 Å². The van der Waals surface area contributed by atoms with Crippen LogP contribution in [-0.2, 0) is 25.7 Å². The highest BCUT2D eigenvalue weighted by Gasteiger charge is 2.34. The molecule has 4 aromatic carbocycles. The topological polar surface area (TPSA) is 115 Å². The molecule has 2 heterocycles. The molecule has 0 bridgehead atoms. The Morgan fingerprint density at radius 3 is 2.48 bits per heavy atom. The first-order valence-corrected chi connectivity index (χ1v) is 18.4. The number of fused-ring (bicyclic) bond motifs is 2. The van der Waals surface area contributed by atoms with Gasteiger partial charge in [-0.1, -0.05) is 65.4 Å². The van der Waals surface area contributed by atoms with E-state index in [9.17, 15) is 14.4 Å². The van der Waals surface area contributed by atoms with Crippen molar-refractivity contribution in [2.45, 2.75) is 33.4 Å². The molecule has 5 aromatic rings. The smallest absolute Gasteiger partial charge is 0.343 e. The Morgan fingerprint density at radius 1 is 0.962 bits per heavy atom. The summed E-state index contributed by atoms with van der Waals surface area (Å²) in [6.07, 6.45) is 1.73. The van der Waals surface area contributed by atoms with Crippen LogP contribution in [0.4, 0.5) is 0 Å². The molecule has 0 aliphatic carbocycles. The third-order valence-electron chi connectivity index (χ3n) is 8.19. The highest BCUT2D eigenvalue weighted by atomic mass is 79.9. The van der Waals surface area contributed by atoms with Crippen molar-refractivity contribution in [2.24, 2.45) is 4.99 Å². The largest absolute Gasteiger partial charge is 0.490 e. The number of aromatic nitrogens is 1. The average Bonchev–Trinajstić information content (AvgIpc) is 3.43. The lowest BCUT2D eigenvalue weighted by atomic mass is 9.95. The molecule has 1 atom stereocenters. The van der Waals surface area contributed by atoms with Crippen molar-refractivity contribution in [1.29, 1.82) is 0 Å². The summed E-state index contributed by atoms with van der Waals surface area (Å²) in [7, 11) is 1.27. The maximum atomic E-state index is 14.2. The summed E-state index contributed by atoms with van der Waals surface area (Å²) in [5.41, 5.74) is 2.47. The first kappa shape index (κ1) is 36.9. The summed E-state index contributed by atoms with van der Waals surface area (Å²) >= 11 is 11.5. The zero-order valence-corrected chi connectivity index (χ0v) is 31.9. The monoisotopic (exact) mass is 804 g/mol. The number of benzene rings is 4. The maximum absolute atomic E-state index is 14.2. The van der Waals surface area contributed by atoms with Gasteiger partial charge in [0.1, 0.15) is 6.61 Å². The lowest BCUT2D eigenvalue weighted by Gasteiger charge is -2.25. The van der Waals surface area contributed by atoms with Crippen LogP contribution < -0.4 is 29.1 Å². The summed E-state index contributed by atoms with van der Waals surface area (Å²) in [5, 5.41) is 2.63. The van der Waals surface area contributed by atoms with Gasteiger partial charge in [-0.3, -0.25) is 9.36 Å². The van der Waals surface area contributed by atoms with Gasteiger partial charge in [0.05, 0.1) is 51.7 Å². The van der Waals surface area contributed by atoms with Crippen LogP contribution in [0.1, 0.15) is 43.5 Å². The molecule has 1 aliphatic rings. The molecule has 13 heteroatoms. The Morgan fingerprint density at radius 2 is 1.75 bits per heavy atom. The van der Waals surface area contributed by atoms with E-state index in [0.29, 0.717) is 66.1 Å². The predicted octanol–water partition coefficient (Wildman–Crippen LogP) is 6.90. The minimum absolute atomic E-state index is 0.134. The first-order valence-electron chi connectivity index (χ1n) is 16.4. The van der Waals surface area contributed by atoms with Crippen LogP contribution in [-0.4, -0.2) is 43.4 Å². The van der Waals surface area contributed by atoms with E-state index in [-0.39, 0.29) is 24.3 Å². The molecule has 0 saturated heterocycles. The number of thiazole rings is 1. The minimum atomic E-state index is -0.896. The van der Waals surface area contributed by atoms with E-state index in [1.807, 2.05) is 31.2 Å². The first-order chi connectivity index (χ1) is 25.1. The third-order valence-corrected chi connectivity index (χ3v) is 10.0. The number of methoxy groups -OCH3 is 1. The molecule has 0 spiro atoms. The Balaban J connectivity index is 1.37. The molecular formula is C39H34BrClN2O8S. The van der Waals surface area contributed by atoms with E-state index in [0.717, 1.165) is 16.3 Å². The number of halogens is 2. The standard InChI is InChI=1S/C39H34BrClN2O8S/c1-5-48-31-19-27(13-14-30(31)50-21-33(44)47-4)35-34(38(46)49-6-2)22(3)42-39-43(35)37(45)32(52-39)18-24-16-28(40)36(29(41)17-24)51-20-23-11-12-25-9-7-8-10-26(25)15-23/h7-19,35H,5-6,20-21H2,1-4H3/b32-18-/t35-/m1/s1. The number of nitrogens with zero attached hydrogens (tertiary/aromatic N) is 2. The van der Waals surface area contributed by atoms with Crippen LogP contribution in [0.3, 0.4) is 0 Å². The molecule has 0 fully saturated rings. The number of carbonyl (C=O) groups excluding carboxylic acids is 2. The second-order valence-electron chi connectivity index (χ2n) is 11.6. The van der Waals surface area contributed by atoms with Gasteiger partial charge >= 0.3 is 11.9 Å². The normalized spacial score (nSPS) is 14.1. The molecule has 1 aromatic heterocycles. The van der Waals surface area contributed by atoms with Gasteiger partial charge in [0, 0.05) is 0 Å². The number of carbonyl (C=O) groups is 2. The molecule has 0 saturated carbocycles. The highest BCUT2D eigenvalue weighted by Crippen LogP contribution is 2.37. The molecule has 52 heavy (non-hydrogen) atoms. The summed E-state index contributed by atoms with van der Waals surface area (Å²) in [5.74, 6) is -0.0483. The molecular weight excluding hydrogens is 772 g/mol. The van der Waals surface area contributed by atoms with Gasteiger partial charge in [-0.15, -0.1) is 0 Å². The van der Waals surface area contributed by atoms with Crippen molar-refractivity contribution in [3.8, 4) is 17.2 Å². The molecule has 268 valence electrons. The van der Waals surface area contributed by atoms with E-state index >= 15 is 0 Å². The van der Waals surface area contributed by atoms with E-state index in [4.69, 9.17) is 35.3 Å². The van der Waals surface area contributed by atoms with Gasteiger partial charge in [0.2, 0.25) is 0 Å². The minimum Gasteiger partial charge on any atom is -0.490 e. The highest BCUT2D eigenvalue weighted by molar-refractivity contribution is 9.10. The summed E-state index contributed by atoms with van der Waals surface area (Å²) in [4.78, 5) is 44.5. The van der Waals surface area contributed by atoms with Crippen LogP contribution in [0.15, 0.2) is 98.3 Å². The van der Waals surface area contributed by atoms with Crippen molar-refractivity contribution in [1.82, 2.24) is 4.57 Å². The van der Waals surface area contributed by atoms with Crippen LogP contribution >= 0.6 is 38.9 Å². The van der Waals surface area contributed by atoms with E-state index in [1.54, 1.807) is 44.2 Å². The Labute approximate surface area is 316 Å².